The van der Waals surface area contributed by atoms with E-state index >= 15 is 0 Å². The standard InChI is InChI=1S/C15H20N2O3S/c1-10-7-17(8-13(10)16(2)3)15(20)11-6-12(21-9-11)4-5-14(18)19/h4-6,9-10,13H,7-8H2,1-3H3,(H,18,19)/b5-4+. The molecule has 1 amide bonds. The molecule has 5 nitrogen and oxygen atoms in total. The summed E-state index contributed by atoms with van der Waals surface area (Å²) in [5.74, 6) is -0.509. The molecule has 6 heteroatoms. The van der Waals surface area contributed by atoms with Gasteiger partial charge in [0.05, 0.1) is 5.56 Å². The maximum absolute atomic E-state index is 12.5. The maximum atomic E-state index is 12.5. The number of hydrogen-bond donors (Lipinski definition) is 1. The van der Waals surface area contributed by atoms with E-state index in [1.165, 1.54) is 17.4 Å². The zero-order valence-corrected chi connectivity index (χ0v) is 13.3. The first-order chi connectivity index (χ1) is 9.88. The zero-order chi connectivity index (χ0) is 15.6. The number of hydrogen-bond acceptors (Lipinski definition) is 4. The Morgan fingerprint density at radius 2 is 2.14 bits per heavy atom. The Balaban J connectivity index is 2.06. The van der Waals surface area contributed by atoms with Crippen molar-refractivity contribution in [2.75, 3.05) is 27.2 Å². The fraction of sp³-hybridized carbons (Fsp3) is 0.467. The maximum Gasteiger partial charge on any atom is 0.328 e. The molecular formula is C15H20N2O3S. The first kappa shape index (κ1) is 15.7. The minimum atomic E-state index is -0.988. The summed E-state index contributed by atoms with van der Waals surface area (Å²) in [4.78, 5) is 27.8. The summed E-state index contributed by atoms with van der Waals surface area (Å²) in [6.07, 6.45) is 2.60. The number of aliphatic carboxylic acids is 1. The number of rotatable bonds is 4. The van der Waals surface area contributed by atoms with Gasteiger partial charge >= 0.3 is 5.97 Å². The lowest BCUT2D eigenvalue weighted by atomic mass is 10.1. The molecule has 0 aromatic carbocycles. The zero-order valence-electron chi connectivity index (χ0n) is 12.4. The number of nitrogens with zero attached hydrogens (tertiary/aromatic N) is 2. The first-order valence-electron chi connectivity index (χ1n) is 6.83. The molecule has 0 saturated carbocycles. The highest BCUT2D eigenvalue weighted by Gasteiger charge is 2.34. The van der Waals surface area contributed by atoms with E-state index in [4.69, 9.17) is 5.11 Å². The second-order valence-corrected chi connectivity index (χ2v) is 6.57. The number of likely N-dealkylation sites (N-methyl/N-ethyl adjacent to an activating group) is 1. The van der Waals surface area contributed by atoms with Crippen LogP contribution in [-0.4, -0.2) is 60.0 Å². The Labute approximate surface area is 128 Å². The van der Waals surface area contributed by atoms with Crippen molar-refractivity contribution in [2.45, 2.75) is 13.0 Å². The van der Waals surface area contributed by atoms with Gasteiger partial charge in [0.15, 0.2) is 0 Å². The van der Waals surface area contributed by atoms with Crippen molar-refractivity contribution < 1.29 is 14.7 Å². The molecule has 2 rings (SSSR count). The lowest BCUT2D eigenvalue weighted by molar-refractivity contribution is -0.131. The largest absolute Gasteiger partial charge is 0.478 e. The van der Waals surface area contributed by atoms with Crippen LogP contribution in [0.2, 0.25) is 0 Å². The fourth-order valence-corrected chi connectivity index (χ4v) is 3.45. The molecule has 0 spiro atoms. The predicted molar refractivity (Wildman–Crippen MR) is 83.5 cm³/mol. The molecule has 1 aromatic heterocycles. The molecule has 1 fully saturated rings. The highest BCUT2D eigenvalue weighted by atomic mass is 32.1. The molecule has 0 bridgehead atoms. The van der Waals surface area contributed by atoms with Crippen LogP contribution in [0.3, 0.4) is 0 Å². The van der Waals surface area contributed by atoms with E-state index in [0.717, 1.165) is 24.0 Å². The SMILES string of the molecule is CC1CN(C(=O)c2csc(/C=C/C(=O)O)c2)CC1N(C)C. The molecule has 2 heterocycles. The van der Waals surface area contributed by atoms with Crippen LogP contribution in [0.15, 0.2) is 17.5 Å². The number of carboxylic acid groups (broad SMARTS) is 1. The van der Waals surface area contributed by atoms with Gasteiger partial charge in [0.25, 0.3) is 5.91 Å². The van der Waals surface area contributed by atoms with Gasteiger partial charge in [-0.3, -0.25) is 4.79 Å². The van der Waals surface area contributed by atoms with Crippen LogP contribution in [0.25, 0.3) is 6.08 Å². The molecule has 1 saturated heterocycles. The third-order valence-electron chi connectivity index (χ3n) is 3.78. The van der Waals surface area contributed by atoms with Crippen molar-refractivity contribution >= 4 is 29.3 Å². The Morgan fingerprint density at radius 1 is 1.43 bits per heavy atom. The minimum Gasteiger partial charge on any atom is -0.478 e. The van der Waals surface area contributed by atoms with E-state index < -0.39 is 5.97 Å². The van der Waals surface area contributed by atoms with Gasteiger partial charge in [0.2, 0.25) is 0 Å². The van der Waals surface area contributed by atoms with Gasteiger partial charge in [-0.25, -0.2) is 4.79 Å². The Kier molecular flexibility index (Phi) is 4.80. The van der Waals surface area contributed by atoms with Crippen molar-refractivity contribution in [1.82, 2.24) is 9.80 Å². The monoisotopic (exact) mass is 308 g/mol. The molecule has 114 valence electrons. The van der Waals surface area contributed by atoms with Crippen LogP contribution in [-0.2, 0) is 4.79 Å². The summed E-state index contributed by atoms with van der Waals surface area (Å²) in [7, 11) is 4.07. The average Bonchev–Trinajstić information content (AvgIpc) is 3.02. The highest BCUT2D eigenvalue weighted by molar-refractivity contribution is 7.11. The van der Waals surface area contributed by atoms with Crippen LogP contribution < -0.4 is 0 Å². The molecule has 0 aliphatic carbocycles. The van der Waals surface area contributed by atoms with Crippen molar-refractivity contribution in [1.29, 1.82) is 0 Å². The topological polar surface area (TPSA) is 60.9 Å². The van der Waals surface area contributed by atoms with E-state index in [0.29, 0.717) is 17.5 Å². The summed E-state index contributed by atoms with van der Waals surface area (Å²) in [6.45, 7) is 3.66. The Hall–Kier alpha value is -1.66. The van der Waals surface area contributed by atoms with Crippen molar-refractivity contribution in [2.24, 2.45) is 5.92 Å². The number of carbonyl (C=O) groups is 2. The first-order valence-corrected chi connectivity index (χ1v) is 7.71. The van der Waals surface area contributed by atoms with E-state index in [-0.39, 0.29) is 5.91 Å². The van der Waals surface area contributed by atoms with E-state index in [1.54, 1.807) is 11.4 Å². The third-order valence-corrected chi connectivity index (χ3v) is 4.68. The molecule has 1 aliphatic rings. The number of carbonyl (C=O) groups excluding carboxylic acids is 1. The van der Waals surface area contributed by atoms with Crippen molar-refractivity contribution in [3.05, 3.63) is 28.0 Å². The van der Waals surface area contributed by atoms with Gasteiger partial charge in [-0.05, 0) is 32.2 Å². The lowest BCUT2D eigenvalue weighted by Crippen LogP contribution is -2.35. The second-order valence-electron chi connectivity index (χ2n) is 5.63. The molecule has 2 unspecified atom stereocenters. The summed E-state index contributed by atoms with van der Waals surface area (Å²) < 4.78 is 0. The number of thiophene rings is 1. The van der Waals surface area contributed by atoms with Gasteiger partial charge in [0.1, 0.15) is 0 Å². The van der Waals surface area contributed by atoms with Crippen LogP contribution in [0.5, 0.6) is 0 Å². The lowest BCUT2D eigenvalue weighted by Gasteiger charge is -2.22. The molecule has 0 radical (unpaired) electrons. The van der Waals surface area contributed by atoms with Crippen molar-refractivity contribution in [3.63, 3.8) is 0 Å². The Morgan fingerprint density at radius 3 is 2.71 bits per heavy atom. The molecule has 21 heavy (non-hydrogen) atoms. The van der Waals surface area contributed by atoms with Gasteiger partial charge in [-0.2, -0.15) is 0 Å². The normalized spacial score (nSPS) is 22.4. The van der Waals surface area contributed by atoms with E-state index in [9.17, 15) is 9.59 Å². The van der Waals surface area contributed by atoms with Gasteiger partial charge in [-0.15, -0.1) is 11.3 Å². The summed E-state index contributed by atoms with van der Waals surface area (Å²) >= 11 is 1.38. The van der Waals surface area contributed by atoms with Crippen LogP contribution in [0.4, 0.5) is 0 Å². The van der Waals surface area contributed by atoms with Gasteiger partial charge < -0.3 is 14.9 Å². The van der Waals surface area contributed by atoms with Gasteiger partial charge in [0, 0.05) is 35.5 Å². The van der Waals surface area contributed by atoms with E-state index in [1.807, 2.05) is 19.0 Å². The number of carboxylic acids is 1. The summed E-state index contributed by atoms with van der Waals surface area (Å²) in [6, 6.07) is 2.14. The second kappa shape index (κ2) is 6.41. The Bertz CT molecular complexity index is 565. The van der Waals surface area contributed by atoms with Crippen molar-refractivity contribution in [3.8, 4) is 0 Å². The van der Waals surface area contributed by atoms with Gasteiger partial charge in [-0.1, -0.05) is 6.92 Å². The smallest absolute Gasteiger partial charge is 0.328 e. The summed E-state index contributed by atoms with van der Waals surface area (Å²) in [5, 5.41) is 10.4. The fourth-order valence-electron chi connectivity index (χ4n) is 2.68. The molecule has 1 aliphatic heterocycles. The number of likely N-dealkylation sites (tertiary alicyclic amines) is 1. The quantitative estimate of drug-likeness (QED) is 0.863. The molecule has 1 aromatic rings. The summed E-state index contributed by atoms with van der Waals surface area (Å²) in [5.41, 5.74) is 0.636. The minimum absolute atomic E-state index is 0.0254. The molecule has 2 atom stereocenters. The number of amides is 1. The predicted octanol–water partition coefficient (Wildman–Crippen LogP) is 1.87. The van der Waals surface area contributed by atoms with E-state index in [2.05, 4.69) is 11.8 Å². The highest BCUT2D eigenvalue weighted by Crippen LogP contribution is 2.24. The molecule has 1 N–H and O–H groups in total. The average molecular weight is 308 g/mol. The molecular weight excluding hydrogens is 288 g/mol. The van der Waals surface area contributed by atoms with Crippen LogP contribution in [0.1, 0.15) is 22.2 Å². The van der Waals surface area contributed by atoms with Crippen LogP contribution in [0, 0.1) is 5.92 Å². The third kappa shape index (κ3) is 3.71. The van der Waals surface area contributed by atoms with Crippen LogP contribution >= 0.6 is 11.3 Å².